The Morgan fingerprint density at radius 1 is 1.00 bits per heavy atom. The third-order valence-electron chi connectivity index (χ3n) is 4.79. The fourth-order valence-corrected chi connectivity index (χ4v) is 3.61. The molecule has 3 aromatic carbocycles. The lowest BCUT2D eigenvalue weighted by molar-refractivity contribution is 0.339. The topological polar surface area (TPSA) is 55.7 Å². The van der Waals surface area contributed by atoms with Crippen molar-refractivity contribution in [2.45, 2.75) is 38.0 Å². The van der Waals surface area contributed by atoms with Crippen LogP contribution in [0.3, 0.4) is 0 Å². The normalized spacial score (nSPS) is 13.5. The smallest absolute Gasteiger partial charge is 0.265 e. The molecule has 0 radical (unpaired) electrons. The minimum atomic E-state index is -3.97. The Morgan fingerprint density at radius 2 is 1.67 bits per heavy atom. The van der Waals surface area contributed by atoms with Crippen LogP contribution < -0.4 is 0 Å². The van der Waals surface area contributed by atoms with Gasteiger partial charge in [-0.05, 0) is 53.3 Å². The van der Waals surface area contributed by atoms with Gasteiger partial charge in [0.15, 0.2) is 0 Å². The summed E-state index contributed by atoms with van der Waals surface area (Å²) in [5, 5.41) is 5.65. The Labute approximate surface area is 160 Å². The first-order chi connectivity index (χ1) is 12.9. The van der Waals surface area contributed by atoms with E-state index in [0.29, 0.717) is 11.6 Å². The lowest BCUT2D eigenvalue weighted by Gasteiger charge is -2.09. The molecule has 0 heterocycles. The molecule has 0 saturated carbocycles. The maximum Gasteiger partial charge on any atom is 0.358 e. The van der Waals surface area contributed by atoms with Crippen molar-refractivity contribution in [3.05, 3.63) is 77.9 Å². The van der Waals surface area contributed by atoms with Gasteiger partial charge >= 0.3 is 10.1 Å². The fraction of sp³-hybridized carbons (Fsp3) is 0.227. The zero-order valence-electron chi connectivity index (χ0n) is 15.7. The highest BCUT2D eigenvalue weighted by molar-refractivity contribution is 7.86. The Balaban J connectivity index is 1.80. The number of oxime groups is 1. The molecule has 140 valence electrons. The van der Waals surface area contributed by atoms with Gasteiger partial charge in [-0.3, -0.25) is 4.28 Å². The standard InChI is InChI=1S/C22H23NO3S/c1-4-16(2)18-9-11-19(12-10-18)17(3)23-26-27(24,25)22-14-13-20-7-5-6-8-21(20)15-22/h5-16H,4H2,1-3H3. The number of hydrogen-bond acceptors (Lipinski definition) is 4. The molecule has 3 aromatic rings. The van der Waals surface area contributed by atoms with Gasteiger partial charge in [-0.25, -0.2) is 0 Å². The summed E-state index contributed by atoms with van der Waals surface area (Å²) >= 11 is 0. The molecular formula is C22H23NO3S. The Bertz CT molecular complexity index is 1070. The summed E-state index contributed by atoms with van der Waals surface area (Å²) in [5.74, 6) is 0.487. The second kappa shape index (κ2) is 7.92. The van der Waals surface area contributed by atoms with Crippen LogP contribution >= 0.6 is 0 Å². The number of hydrogen-bond donors (Lipinski definition) is 0. The average Bonchev–Trinajstić information content (AvgIpc) is 2.71. The molecule has 0 fully saturated rings. The van der Waals surface area contributed by atoms with E-state index in [1.165, 1.54) is 11.6 Å². The van der Waals surface area contributed by atoms with Gasteiger partial charge in [-0.15, -0.1) is 0 Å². The lowest BCUT2D eigenvalue weighted by Crippen LogP contribution is -2.05. The molecule has 0 amide bonds. The van der Waals surface area contributed by atoms with Gasteiger partial charge in [0, 0.05) is 0 Å². The fourth-order valence-electron chi connectivity index (χ4n) is 2.81. The van der Waals surface area contributed by atoms with Crippen LogP contribution in [0.2, 0.25) is 0 Å². The molecule has 0 aliphatic carbocycles. The summed E-state index contributed by atoms with van der Waals surface area (Å²) in [7, 11) is -3.97. The van der Waals surface area contributed by atoms with Crippen LogP contribution in [0.4, 0.5) is 0 Å². The summed E-state index contributed by atoms with van der Waals surface area (Å²) in [4.78, 5) is 0.0878. The van der Waals surface area contributed by atoms with Crippen LogP contribution in [0.1, 0.15) is 44.2 Å². The molecule has 3 rings (SSSR count). The van der Waals surface area contributed by atoms with Crippen molar-refractivity contribution in [3.8, 4) is 0 Å². The lowest BCUT2D eigenvalue weighted by atomic mass is 9.97. The van der Waals surface area contributed by atoms with Crippen LogP contribution in [-0.4, -0.2) is 14.1 Å². The molecule has 0 aromatic heterocycles. The summed E-state index contributed by atoms with van der Waals surface area (Å²) in [6.07, 6.45) is 1.07. The van der Waals surface area contributed by atoms with Crippen LogP contribution in [-0.2, 0) is 14.4 Å². The van der Waals surface area contributed by atoms with E-state index in [-0.39, 0.29) is 4.90 Å². The minimum Gasteiger partial charge on any atom is -0.265 e. The number of fused-ring (bicyclic) bond motifs is 1. The monoisotopic (exact) mass is 381 g/mol. The molecule has 0 saturated heterocycles. The summed E-state index contributed by atoms with van der Waals surface area (Å²) in [5.41, 5.74) is 2.59. The Morgan fingerprint density at radius 3 is 2.33 bits per heavy atom. The predicted octanol–water partition coefficient (Wildman–Crippen LogP) is 5.48. The summed E-state index contributed by atoms with van der Waals surface area (Å²) in [6.45, 7) is 6.06. The Hall–Kier alpha value is -2.66. The van der Waals surface area contributed by atoms with Crippen molar-refractivity contribution in [1.82, 2.24) is 0 Å². The third-order valence-corrected chi connectivity index (χ3v) is 5.89. The third kappa shape index (κ3) is 4.37. The molecular weight excluding hydrogens is 358 g/mol. The van der Waals surface area contributed by atoms with Crippen LogP contribution in [0.25, 0.3) is 10.8 Å². The van der Waals surface area contributed by atoms with E-state index in [1.54, 1.807) is 19.1 Å². The van der Waals surface area contributed by atoms with Gasteiger partial charge in [0.05, 0.1) is 5.71 Å². The summed E-state index contributed by atoms with van der Waals surface area (Å²) < 4.78 is 29.9. The van der Waals surface area contributed by atoms with E-state index < -0.39 is 10.1 Å². The molecule has 0 bridgehead atoms. The highest BCUT2D eigenvalue weighted by atomic mass is 32.2. The number of rotatable bonds is 6. The second-order valence-electron chi connectivity index (χ2n) is 6.65. The highest BCUT2D eigenvalue weighted by Crippen LogP contribution is 2.21. The molecule has 0 N–H and O–H groups in total. The average molecular weight is 381 g/mol. The zero-order chi connectivity index (χ0) is 19.4. The first kappa shape index (κ1) is 19.1. The van der Waals surface area contributed by atoms with Gasteiger partial charge < -0.3 is 0 Å². The Kier molecular flexibility index (Phi) is 5.61. The first-order valence-electron chi connectivity index (χ1n) is 8.98. The second-order valence-corrected chi connectivity index (χ2v) is 8.17. The van der Waals surface area contributed by atoms with E-state index in [9.17, 15) is 8.42 Å². The predicted molar refractivity (Wildman–Crippen MR) is 110 cm³/mol. The zero-order valence-corrected chi connectivity index (χ0v) is 16.5. The largest absolute Gasteiger partial charge is 0.358 e. The van der Waals surface area contributed by atoms with Gasteiger partial charge in [0.25, 0.3) is 0 Å². The maximum atomic E-state index is 12.5. The molecule has 1 unspecified atom stereocenters. The van der Waals surface area contributed by atoms with Crippen LogP contribution in [0.5, 0.6) is 0 Å². The van der Waals surface area contributed by atoms with Gasteiger partial charge in [-0.1, -0.05) is 73.6 Å². The van der Waals surface area contributed by atoms with E-state index in [0.717, 1.165) is 22.8 Å². The quantitative estimate of drug-likeness (QED) is 0.419. The number of nitrogens with zero attached hydrogens (tertiary/aromatic N) is 1. The molecule has 1 atom stereocenters. The van der Waals surface area contributed by atoms with Gasteiger partial charge in [0.2, 0.25) is 0 Å². The number of benzene rings is 3. The van der Waals surface area contributed by atoms with Crippen molar-refractivity contribution < 1.29 is 12.7 Å². The van der Waals surface area contributed by atoms with E-state index in [1.807, 2.05) is 48.5 Å². The molecule has 4 nitrogen and oxygen atoms in total. The van der Waals surface area contributed by atoms with Crippen molar-refractivity contribution in [3.63, 3.8) is 0 Å². The highest BCUT2D eigenvalue weighted by Gasteiger charge is 2.16. The van der Waals surface area contributed by atoms with E-state index >= 15 is 0 Å². The molecule has 0 aliphatic rings. The molecule has 5 heteroatoms. The first-order valence-corrected chi connectivity index (χ1v) is 10.4. The molecule has 0 spiro atoms. The van der Waals surface area contributed by atoms with Crippen molar-refractivity contribution in [1.29, 1.82) is 0 Å². The van der Waals surface area contributed by atoms with E-state index in [2.05, 4.69) is 19.0 Å². The molecule has 27 heavy (non-hydrogen) atoms. The summed E-state index contributed by atoms with van der Waals surface area (Å²) in [6, 6.07) is 20.4. The van der Waals surface area contributed by atoms with Crippen LogP contribution in [0, 0.1) is 0 Å². The maximum absolute atomic E-state index is 12.5. The van der Waals surface area contributed by atoms with Gasteiger partial charge in [-0.2, -0.15) is 8.42 Å². The van der Waals surface area contributed by atoms with Gasteiger partial charge in [0.1, 0.15) is 4.90 Å². The van der Waals surface area contributed by atoms with Crippen molar-refractivity contribution in [2.24, 2.45) is 5.16 Å². The van der Waals surface area contributed by atoms with Crippen LogP contribution in [0.15, 0.2) is 76.8 Å². The minimum absolute atomic E-state index is 0.0878. The van der Waals surface area contributed by atoms with Crippen molar-refractivity contribution in [2.75, 3.05) is 0 Å². The molecule has 0 aliphatic heterocycles. The van der Waals surface area contributed by atoms with E-state index in [4.69, 9.17) is 4.28 Å². The SMILES string of the molecule is CCC(C)c1ccc(C(C)=NOS(=O)(=O)c2ccc3ccccc3c2)cc1. The van der Waals surface area contributed by atoms with Crippen molar-refractivity contribution >= 4 is 26.6 Å².